The average molecular weight is 594 g/mol. The minimum atomic E-state index is -0.596. The molecular formula is C32H34ClF2N5O2. The number of benzene rings is 2. The van der Waals surface area contributed by atoms with Crippen LogP contribution in [-0.4, -0.2) is 70.5 Å². The number of phenols is 1. The number of nitrogens with zero attached hydrogens (tertiary/aromatic N) is 5. The van der Waals surface area contributed by atoms with Gasteiger partial charge in [-0.2, -0.15) is 9.97 Å². The van der Waals surface area contributed by atoms with Crippen molar-refractivity contribution in [2.45, 2.75) is 50.7 Å². The quantitative estimate of drug-likeness (QED) is 0.281. The van der Waals surface area contributed by atoms with Crippen LogP contribution in [0.3, 0.4) is 0 Å². The van der Waals surface area contributed by atoms with Gasteiger partial charge in [0.2, 0.25) is 0 Å². The molecule has 4 aromatic rings. The van der Waals surface area contributed by atoms with E-state index in [0.29, 0.717) is 57.0 Å². The number of phenolic OH excluding ortho intramolecular Hbond substituents is 1. The van der Waals surface area contributed by atoms with Gasteiger partial charge in [0.1, 0.15) is 28.9 Å². The van der Waals surface area contributed by atoms with Crippen molar-refractivity contribution in [3.8, 4) is 23.0 Å². The van der Waals surface area contributed by atoms with Gasteiger partial charge in [0.15, 0.2) is 5.82 Å². The number of halogens is 3. The Hall–Kier alpha value is -3.30. The third-order valence-electron chi connectivity index (χ3n) is 9.36. The third kappa shape index (κ3) is 5.00. The van der Waals surface area contributed by atoms with Crippen LogP contribution in [0.5, 0.6) is 11.8 Å². The molecule has 1 N–H and O–H groups in total. The number of ether oxygens (including phenoxy) is 1. The molecule has 1 saturated carbocycles. The number of hydrogen-bond donors (Lipinski definition) is 1. The summed E-state index contributed by atoms with van der Waals surface area (Å²) in [6, 6.07) is 9.14. The summed E-state index contributed by atoms with van der Waals surface area (Å²) in [6.07, 6.45) is 8.13. The molecule has 3 saturated heterocycles. The van der Waals surface area contributed by atoms with Crippen LogP contribution in [0.1, 0.15) is 38.5 Å². The Balaban J connectivity index is 0.000000272. The summed E-state index contributed by atoms with van der Waals surface area (Å²) in [5.41, 5.74) is 0.621. The molecule has 220 valence electrons. The van der Waals surface area contributed by atoms with E-state index in [9.17, 15) is 9.50 Å². The van der Waals surface area contributed by atoms with Gasteiger partial charge in [-0.05, 0) is 80.5 Å². The predicted molar refractivity (Wildman–Crippen MR) is 161 cm³/mol. The first kappa shape index (κ1) is 27.5. The molecule has 4 unspecified atom stereocenters. The fourth-order valence-corrected chi connectivity index (χ4v) is 7.79. The summed E-state index contributed by atoms with van der Waals surface area (Å²) < 4.78 is 34.0. The molecule has 0 spiro atoms. The van der Waals surface area contributed by atoms with Gasteiger partial charge in [-0.15, -0.1) is 0 Å². The molecule has 1 aliphatic carbocycles. The van der Waals surface area contributed by atoms with Crippen molar-refractivity contribution in [3.05, 3.63) is 47.4 Å². The number of methoxy groups -OCH3 is 1. The fraction of sp³-hybridized carbons (Fsp3) is 0.469. The second-order valence-corrected chi connectivity index (χ2v) is 12.5. The largest absolute Gasteiger partial charge is 0.508 e. The highest BCUT2D eigenvalue weighted by molar-refractivity contribution is 6.36. The van der Waals surface area contributed by atoms with Gasteiger partial charge in [0, 0.05) is 47.8 Å². The second-order valence-electron chi connectivity index (χ2n) is 12.1. The maximum absolute atomic E-state index is 16.0. The number of aromatic nitrogens is 3. The van der Waals surface area contributed by atoms with E-state index in [-0.39, 0.29) is 23.0 Å². The SMILES string of the molecule is COc1nc(N2CC3CCC(C3)C2)c2cnc(-c3cc(O)cc4cccc(Cl)c34)c(F)c2n1.FC1CC2CCCN2C1. The molecular weight excluding hydrogens is 560 g/mol. The van der Waals surface area contributed by atoms with E-state index in [1.807, 2.05) is 6.07 Å². The normalized spacial score (nSPS) is 25.1. The van der Waals surface area contributed by atoms with Crippen molar-refractivity contribution < 1.29 is 18.6 Å². The first-order valence-electron chi connectivity index (χ1n) is 14.8. The monoisotopic (exact) mass is 593 g/mol. The van der Waals surface area contributed by atoms with Gasteiger partial charge in [0.25, 0.3) is 0 Å². The molecule has 10 heteroatoms. The predicted octanol–water partition coefficient (Wildman–Crippen LogP) is 6.78. The number of anilines is 1. The number of rotatable bonds is 3. The van der Waals surface area contributed by atoms with Gasteiger partial charge in [-0.3, -0.25) is 9.88 Å². The molecule has 4 atom stereocenters. The average Bonchev–Trinajstić information content (AvgIpc) is 3.66. The first-order chi connectivity index (χ1) is 20.4. The maximum Gasteiger partial charge on any atom is 0.318 e. The van der Waals surface area contributed by atoms with Crippen LogP contribution in [0.2, 0.25) is 5.02 Å². The lowest BCUT2D eigenvalue weighted by atomic mass is 9.98. The molecule has 0 radical (unpaired) electrons. The van der Waals surface area contributed by atoms with Crippen molar-refractivity contribution in [2.75, 3.05) is 38.2 Å². The van der Waals surface area contributed by atoms with E-state index in [4.69, 9.17) is 16.3 Å². The van der Waals surface area contributed by atoms with E-state index in [1.54, 1.807) is 24.4 Å². The highest BCUT2D eigenvalue weighted by Gasteiger charge is 2.36. The van der Waals surface area contributed by atoms with E-state index < -0.39 is 12.0 Å². The smallest absolute Gasteiger partial charge is 0.318 e. The van der Waals surface area contributed by atoms with E-state index in [0.717, 1.165) is 26.1 Å². The highest BCUT2D eigenvalue weighted by Crippen LogP contribution is 2.42. The van der Waals surface area contributed by atoms with Crippen molar-refractivity contribution in [3.63, 3.8) is 0 Å². The summed E-state index contributed by atoms with van der Waals surface area (Å²) in [5, 5.41) is 12.6. The minimum absolute atomic E-state index is 0.00538. The van der Waals surface area contributed by atoms with Crippen molar-refractivity contribution in [1.29, 1.82) is 0 Å². The number of hydrogen-bond acceptors (Lipinski definition) is 7. The number of pyridine rings is 1. The Bertz CT molecular complexity index is 1630. The van der Waals surface area contributed by atoms with Gasteiger partial charge >= 0.3 is 6.01 Å². The second kappa shape index (κ2) is 11.1. The molecule has 2 aromatic heterocycles. The van der Waals surface area contributed by atoms with Crippen LogP contribution in [0.15, 0.2) is 36.5 Å². The Labute approximate surface area is 248 Å². The first-order valence-corrected chi connectivity index (χ1v) is 15.2. The van der Waals surface area contributed by atoms with Crippen LogP contribution in [-0.2, 0) is 0 Å². The van der Waals surface area contributed by atoms with Gasteiger partial charge in [0.05, 0.1) is 12.5 Å². The zero-order chi connectivity index (χ0) is 29.0. The Morgan fingerprint density at radius 1 is 1.05 bits per heavy atom. The number of piperidine rings is 1. The molecule has 4 aliphatic rings. The van der Waals surface area contributed by atoms with Crippen LogP contribution in [0.25, 0.3) is 32.9 Å². The topological polar surface area (TPSA) is 74.6 Å². The van der Waals surface area contributed by atoms with E-state index in [2.05, 4.69) is 24.8 Å². The van der Waals surface area contributed by atoms with Gasteiger partial charge in [-0.1, -0.05) is 23.7 Å². The van der Waals surface area contributed by atoms with Crippen LogP contribution in [0.4, 0.5) is 14.6 Å². The Morgan fingerprint density at radius 3 is 2.62 bits per heavy atom. The molecule has 3 aliphatic heterocycles. The standard InChI is InChI=1S/C25H22ClFN4O2.C7H12FN/c1-33-25-29-23-18(24(30-25)31-11-13-5-6-14(7-13)12-31)10-28-22(21(23)27)17-9-16(32)8-15-3-2-4-19(26)20(15)17;8-6-4-7-2-1-3-9(7)5-6/h2-4,8-10,13-14,32H,5-7,11-12H2,1H3;6-7H,1-5H2. The van der Waals surface area contributed by atoms with E-state index in [1.165, 1.54) is 45.3 Å². The zero-order valence-electron chi connectivity index (χ0n) is 23.6. The summed E-state index contributed by atoms with van der Waals surface area (Å²) in [4.78, 5) is 17.9. The zero-order valence-corrected chi connectivity index (χ0v) is 24.3. The van der Waals surface area contributed by atoms with Crippen molar-refractivity contribution in [1.82, 2.24) is 19.9 Å². The third-order valence-corrected chi connectivity index (χ3v) is 9.67. The van der Waals surface area contributed by atoms with Crippen LogP contribution < -0.4 is 9.64 Å². The fourth-order valence-electron chi connectivity index (χ4n) is 7.50. The Kier molecular flexibility index (Phi) is 7.26. The lowest BCUT2D eigenvalue weighted by molar-refractivity contribution is 0.292. The van der Waals surface area contributed by atoms with Crippen LogP contribution in [0, 0.1) is 17.7 Å². The van der Waals surface area contributed by atoms with Crippen LogP contribution >= 0.6 is 11.6 Å². The molecule has 8 rings (SSSR count). The van der Waals surface area contributed by atoms with Gasteiger partial charge < -0.3 is 14.7 Å². The van der Waals surface area contributed by atoms with Gasteiger partial charge in [-0.25, -0.2) is 8.78 Å². The number of alkyl halides is 1. The van der Waals surface area contributed by atoms with E-state index >= 15 is 4.39 Å². The molecule has 2 bridgehead atoms. The molecule has 5 heterocycles. The molecule has 42 heavy (non-hydrogen) atoms. The lowest BCUT2D eigenvalue weighted by Crippen LogP contribution is -2.37. The highest BCUT2D eigenvalue weighted by atomic mass is 35.5. The Morgan fingerprint density at radius 2 is 1.86 bits per heavy atom. The van der Waals surface area contributed by atoms with Crippen molar-refractivity contribution >= 4 is 39.1 Å². The number of fused-ring (bicyclic) bond motifs is 5. The summed E-state index contributed by atoms with van der Waals surface area (Å²) in [5.74, 6) is 1.34. The lowest BCUT2D eigenvalue weighted by Gasteiger charge is -2.33. The van der Waals surface area contributed by atoms with Crippen molar-refractivity contribution in [2.24, 2.45) is 11.8 Å². The molecule has 2 aromatic carbocycles. The minimum Gasteiger partial charge on any atom is -0.508 e. The molecule has 7 nitrogen and oxygen atoms in total. The number of aromatic hydroxyl groups is 1. The maximum atomic E-state index is 16.0. The molecule has 0 amide bonds. The molecule has 4 fully saturated rings. The summed E-state index contributed by atoms with van der Waals surface area (Å²) in [7, 11) is 1.48. The summed E-state index contributed by atoms with van der Waals surface area (Å²) >= 11 is 6.46. The summed E-state index contributed by atoms with van der Waals surface area (Å²) in [6.45, 7) is 3.64.